The van der Waals surface area contributed by atoms with E-state index in [1.54, 1.807) is 24.3 Å². The first-order valence-corrected chi connectivity index (χ1v) is 10.7. The van der Waals surface area contributed by atoms with Crippen molar-refractivity contribution in [3.63, 3.8) is 0 Å². The summed E-state index contributed by atoms with van der Waals surface area (Å²) in [6, 6.07) is 10.6. The molecule has 6 nitrogen and oxygen atoms in total. The molecule has 0 aliphatic heterocycles. The zero-order chi connectivity index (χ0) is 21.8. The lowest BCUT2D eigenvalue weighted by Crippen LogP contribution is -2.25. The van der Waals surface area contributed by atoms with Crippen molar-refractivity contribution in [2.24, 2.45) is 0 Å². The van der Waals surface area contributed by atoms with Gasteiger partial charge in [-0.25, -0.2) is 0 Å². The average Bonchev–Trinajstić information content (AvgIpc) is 2.74. The molecule has 0 aliphatic carbocycles. The monoisotopic (exact) mass is 435 g/mol. The number of ether oxygens (including phenoxy) is 4. The Bertz CT molecular complexity index is 768. The lowest BCUT2D eigenvalue weighted by molar-refractivity contribution is 0.0951. The second-order valence-electron chi connectivity index (χ2n) is 6.37. The van der Waals surface area contributed by atoms with Gasteiger partial charge in [0.1, 0.15) is 5.75 Å². The van der Waals surface area contributed by atoms with Crippen LogP contribution in [0.1, 0.15) is 44.0 Å². The zero-order valence-corrected chi connectivity index (χ0v) is 18.6. The molecule has 2 aromatic carbocycles. The molecule has 0 heterocycles. The molecule has 0 fully saturated rings. The highest BCUT2D eigenvalue weighted by Crippen LogP contribution is 2.39. The quantitative estimate of drug-likeness (QED) is 0.442. The third-order valence-corrected chi connectivity index (χ3v) is 4.36. The van der Waals surface area contributed by atoms with E-state index in [2.05, 4.69) is 5.32 Å². The first-order chi connectivity index (χ1) is 14.6. The largest absolute Gasteiger partial charge is 0.494 e. The molecule has 0 bridgehead atoms. The number of carbonyl (C=O) groups excluding carboxylic acids is 1. The Morgan fingerprint density at radius 1 is 0.867 bits per heavy atom. The van der Waals surface area contributed by atoms with Crippen LogP contribution < -0.4 is 24.3 Å². The second kappa shape index (κ2) is 12.9. The van der Waals surface area contributed by atoms with Crippen LogP contribution in [-0.4, -0.2) is 38.9 Å². The van der Waals surface area contributed by atoms with E-state index in [1.165, 1.54) is 0 Å². The number of benzene rings is 2. The van der Waals surface area contributed by atoms with E-state index in [-0.39, 0.29) is 5.91 Å². The van der Waals surface area contributed by atoms with Crippen LogP contribution in [0.15, 0.2) is 36.4 Å². The number of rotatable bonds is 13. The Labute approximate surface area is 183 Å². The first-order valence-electron chi connectivity index (χ1n) is 10.3. The van der Waals surface area contributed by atoms with Crippen molar-refractivity contribution in [1.82, 2.24) is 5.32 Å². The van der Waals surface area contributed by atoms with Crippen LogP contribution in [0.4, 0.5) is 0 Å². The molecule has 30 heavy (non-hydrogen) atoms. The van der Waals surface area contributed by atoms with Gasteiger partial charge in [-0.1, -0.05) is 11.6 Å². The van der Waals surface area contributed by atoms with Crippen molar-refractivity contribution in [2.75, 3.05) is 33.0 Å². The van der Waals surface area contributed by atoms with Crippen molar-refractivity contribution in [3.05, 3.63) is 47.0 Å². The summed E-state index contributed by atoms with van der Waals surface area (Å²) in [5.41, 5.74) is 0.475. The number of unbranched alkanes of at least 4 members (excludes halogenated alkanes) is 1. The van der Waals surface area contributed by atoms with Crippen LogP contribution in [0.3, 0.4) is 0 Å². The maximum atomic E-state index is 12.6. The maximum Gasteiger partial charge on any atom is 0.251 e. The highest BCUT2D eigenvalue weighted by atomic mass is 35.5. The van der Waals surface area contributed by atoms with E-state index < -0.39 is 0 Å². The lowest BCUT2D eigenvalue weighted by Gasteiger charge is -2.17. The summed E-state index contributed by atoms with van der Waals surface area (Å²) >= 11 is 5.85. The van der Waals surface area contributed by atoms with Crippen molar-refractivity contribution >= 4 is 17.5 Å². The lowest BCUT2D eigenvalue weighted by atomic mass is 10.1. The number of nitrogens with one attached hydrogen (secondary N) is 1. The zero-order valence-electron chi connectivity index (χ0n) is 17.8. The molecule has 7 heteroatoms. The van der Waals surface area contributed by atoms with Crippen molar-refractivity contribution in [2.45, 2.75) is 33.6 Å². The van der Waals surface area contributed by atoms with Gasteiger partial charge in [-0.2, -0.15) is 0 Å². The van der Waals surface area contributed by atoms with E-state index in [0.717, 1.165) is 18.6 Å². The molecule has 1 N–H and O–H groups in total. The number of hydrogen-bond acceptors (Lipinski definition) is 5. The van der Waals surface area contributed by atoms with Crippen LogP contribution >= 0.6 is 11.6 Å². The molecule has 0 aliphatic rings. The van der Waals surface area contributed by atoms with E-state index in [0.29, 0.717) is 60.8 Å². The molecular weight excluding hydrogens is 406 g/mol. The fraction of sp³-hybridized carbons (Fsp3) is 0.435. The average molecular weight is 436 g/mol. The van der Waals surface area contributed by atoms with Gasteiger partial charge in [0.05, 0.1) is 26.4 Å². The summed E-state index contributed by atoms with van der Waals surface area (Å²) in [6.45, 7) is 8.18. The second-order valence-corrected chi connectivity index (χ2v) is 6.80. The molecule has 0 saturated carbocycles. The summed E-state index contributed by atoms with van der Waals surface area (Å²) in [5.74, 6) is 2.14. The van der Waals surface area contributed by atoms with E-state index >= 15 is 0 Å². The number of halogens is 1. The fourth-order valence-electron chi connectivity index (χ4n) is 2.77. The van der Waals surface area contributed by atoms with Gasteiger partial charge in [0.25, 0.3) is 5.91 Å². The van der Waals surface area contributed by atoms with Gasteiger partial charge in [0.2, 0.25) is 5.75 Å². The molecule has 164 valence electrons. The van der Waals surface area contributed by atoms with Crippen molar-refractivity contribution in [3.8, 4) is 23.0 Å². The van der Waals surface area contributed by atoms with Gasteiger partial charge in [0.15, 0.2) is 11.5 Å². The molecule has 0 unspecified atom stereocenters. The van der Waals surface area contributed by atoms with Crippen LogP contribution in [0.2, 0.25) is 5.02 Å². The molecule has 0 aromatic heterocycles. The molecule has 2 rings (SSSR count). The van der Waals surface area contributed by atoms with E-state index in [4.69, 9.17) is 30.5 Å². The molecule has 0 radical (unpaired) electrons. The minimum Gasteiger partial charge on any atom is -0.494 e. The standard InChI is InChI=1S/C23H30ClNO5/c1-4-27-20-15-17(16-21(28-5-2)22(20)29-6-3)23(26)25-13-7-8-14-30-19-11-9-18(24)10-12-19/h9-12,15-16H,4-8,13-14H2,1-3H3,(H,25,26). The maximum absolute atomic E-state index is 12.6. The highest BCUT2D eigenvalue weighted by molar-refractivity contribution is 6.30. The van der Waals surface area contributed by atoms with Gasteiger partial charge >= 0.3 is 0 Å². The van der Waals surface area contributed by atoms with Crippen LogP contribution in [0, 0.1) is 0 Å². The normalized spacial score (nSPS) is 10.4. The first kappa shape index (κ1) is 23.7. The molecule has 2 aromatic rings. The Balaban J connectivity index is 1.88. The van der Waals surface area contributed by atoms with E-state index in [9.17, 15) is 4.79 Å². The third-order valence-electron chi connectivity index (χ3n) is 4.11. The predicted octanol–water partition coefficient (Wildman–Crippen LogP) is 5.13. The summed E-state index contributed by atoms with van der Waals surface area (Å²) in [5, 5.41) is 3.61. The van der Waals surface area contributed by atoms with E-state index in [1.807, 2.05) is 32.9 Å². The van der Waals surface area contributed by atoms with Gasteiger partial charge < -0.3 is 24.3 Å². The van der Waals surface area contributed by atoms with Crippen LogP contribution in [0.5, 0.6) is 23.0 Å². The number of amides is 1. The fourth-order valence-corrected chi connectivity index (χ4v) is 2.90. The Morgan fingerprint density at radius 3 is 2.03 bits per heavy atom. The summed E-state index contributed by atoms with van der Waals surface area (Å²) < 4.78 is 22.7. The summed E-state index contributed by atoms with van der Waals surface area (Å²) in [4.78, 5) is 12.6. The number of hydrogen-bond donors (Lipinski definition) is 1. The predicted molar refractivity (Wildman–Crippen MR) is 118 cm³/mol. The minimum atomic E-state index is -0.182. The highest BCUT2D eigenvalue weighted by Gasteiger charge is 2.18. The molecule has 0 atom stereocenters. The minimum absolute atomic E-state index is 0.182. The number of carbonyl (C=O) groups is 1. The van der Waals surface area contributed by atoms with Gasteiger partial charge in [0, 0.05) is 17.1 Å². The Morgan fingerprint density at radius 2 is 1.47 bits per heavy atom. The third kappa shape index (κ3) is 7.34. The topological polar surface area (TPSA) is 66.0 Å². The molecule has 0 spiro atoms. The van der Waals surface area contributed by atoms with Crippen molar-refractivity contribution < 1.29 is 23.7 Å². The Kier molecular flexibility index (Phi) is 10.1. The molecular formula is C23H30ClNO5. The molecule has 1 amide bonds. The summed E-state index contributed by atoms with van der Waals surface area (Å²) in [7, 11) is 0. The smallest absolute Gasteiger partial charge is 0.251 e. The van der Waals surface area contributed by atoms with Gasteiger partial charge in [-0.05, 0) is 70.0 Å². The van der Waals surface area contributed by atoms with Crippen molar-refractivity contribution in [1.29, 1.82) is 0 Å². The SMILES string of the molecule is CCOc1cc(C(=O)NCCCCOc2ccc(Cl)cc2)cc(OCC)c1OCC. The van der Waals surface area contributed by atoms with Crippen LogP contribution in [-0.2, 0) is 0 Å². The van der Waals surface area contributed by atoms with Gasteiger partial charge in [-0.15, -0.1) is 0 Å². The molecule has 0 saturated heterocycles. The van der Waals surface area contributed by atoms with Gasteiger partial charge in [-0.3, -0.25) is 4.79 Å². The summed E-state index contributed by atoms with van der Waals surface area (Å²) in [6.07, 6.45) is 1.62. The Hall–Kier alpha value is -2.60. The van der Waals surface area contributed by atoms with Crippen LogP contribution in [0.25, 0.3) is 0 Å².